The minimum atomic E-state index is 0.738. The maximum atomic E-state index is 4.70. The number of nitrogens with one attached hydrogen (secondary N) is 1. The number of hydrogen-bond donors (Lipinski definition) is 1. The van der Waals surface area contributed by atoms with Gasteiger partial charge in [0.05, 0.1) is 5.52 Å². The van der Waals surface area contributed by atoms with Crippen LogP contribution in [0.4, 0.5) is 0 Å². The molecule has 1 aromatic heterocycles. The van der Waals surface area contributed by atoms with Gasteiger partial charge < -0.3 is 5.32 Å². The van der Waals surface area contributed by atoms with Gasteiger partial charge in [0, 0.05) is 11.1 Å². The molecule has 2 aromatic rings. The number of aryl methyl sites for hydroxylation is 1. The molecule has 0 saturated carbocycles. The summed E-state index contributed by atoms with van der Waals surface area (Å²) in [5.41, 5.74) is 2.32. The zero-order chi connectivity index (χ0) is 13.5. The summed E-state index contributed by atoms with van der Waals surface area (Å²) in [6.45, 7) is 6.72. The first-order chi connectivity index (χ1) is 9.25. The number of benzene rings is 1. The second-order valence-corrected chi connectivity index (χ2v) is 5.55. The Bertz CT molecular complexity index is 505. The molecule has 1 N–H and O–H groups in total. The zero-order valence-electron chi connectivity index (χ0n) is 12.0. The van der Waals surface area contributed by atoms with Crippen molar-refractivity contribution in [3.63, 3.8) is 0 Å². The van der Waals surface area contributed by atoms with Gasteiger partial charge in [-0.3, -0.25) is 4.98 Å². The van der Waals surface area contributed by atoms with Gasteiger partial charge in [0.1, 0.15) is 0 Å². The Labute approximate surface area is 116 Å². The van der Waals surface area contributed by atoms with E-state index in [1.165, 1.54) is 23.9 Å². The molecule has 0 aliphatic heterocycles. The lowest BCUT2D eigenvalue weighted by Gasteiger charge is -2.07. The number of nitrogens with zero attached hydrogens (tertiary/aromatic N) is 1. The fourth-order valence-electron chi connectivity index (χ4n) is 2.19. The quantitative estimate of drug-likeness (QED) is 0.762. The van der Waals surface area contributed by atoms with Crippen molar-refractivity contribution in [2.45, 2.75) is 33.1 Å². The molecule has 0 aliphatic carbocycles. The number of fused-ring (bicyclic) bond motifs is 1. The first-order valence-corrected chi connectivity index (χ1v) is 7.31. The number of hydrogen-bond acceptors (Lipinski definition) is 2. The fraction of sp³-hybridized carbons (Fsp3) is 0.471. The SMILES string of the molecule is CC(C)CNCCCCc1ccc2ccccc2n1. The highest BCUT2D eigenvalue weighted by molar-refractivity contribution is 5.78. The number of pyridine rings is 1. The third-order valence-corrected chi connectivity index (χ3v) is 3.25. The van der Waals surface area contributed by atoms with Crippen molar-refractivity contribution < 1.29 is 0 Å². The average Bonchev–Trinajstić information content (AvgIpc) is 2.42. The number of para-hydroxylation sites is 1. The van der Waals surface area contributed by atoms with Crippen LogP contribution in [0.5, 0.6) is 0 Å². The van der Waals surface area contributed by atoms with Crippen LogP contribution in [-0.2, 0) is 6.42 Å². The molecule has 0 amide bonds. The van der Waals surface area contributed by atoms with Gasteiger partial charge in [-0.25, -0.2) is 0 Å². The molecule has 19 heavy (non-hydrogen) atoms. The van der Waals surface area contributed by atoms with E-state index in [1.54, 1.807) is 0 Å². The molecular weight excluding hydrogens is 232 g/mol. The Kier molecular flexibility index (Phi) is 5.34. The second kappa shape index (κ2) is 7.25. The molecule has 0 unspecified atom stereocenters. The maximum Gasteiger partial charge on any atom is 0.0705 e. The standard InChI is InChI=1S/C17H24N2/c1-14(2)13-18-12-6-5-8-16-11-10-15-7-3-4-9-17(15)19-16/h3-4,7,9-11,14,18H,5-6,8,12-13H2,1-2H3. The van der Waals surface area contributed by atoms with Crippen molar-refractivity contribution in [1.82, 2.24) is 10.3 Å². The Morgan fingerprint density at radius 1 is 1.05 bits per heavy atom. The molecule has 0 fully saturated rings. The second-order valence-electron chi connectivity index (χ2n) is 5.55. The van der Waals surface area contributed by atoms with Crippen LogP contribution in [0.1, 0.15) is 32.4 Å². The van der Waals surface area contributed by atoms with Crippen molar-refractivity contribution in [1.29, 1.82) is 0 Å². The Hall–Kier alpha value is -1.41. The van der Waals surface area contributed by atoms with Gasteiger partial charge >= 0.3 is 0 Å². The predicted molar refractivity (Wildman–Crippen MR) is 82.4 cm³/mol. The van der Waals surface area contributed by atoms with Crippen LogP contribution in [0.25, 0.3) is 10.9 Å². The molecule has 1 aromatic carbocycles. The summed E-state index contributed by atoms with van der Waals surface area (Å²) in [6, 6.07) is 12.6. The van der Waals surface area contributed by atoms with E-state index in [2.05, 4.69) is 55.6 Å². The van der Waals surface area contributed by atoms with Crippen LogP contribution in [0.15, 0.2) is 36.4 Å². The van der Waals surface area contributed by atoms with Crippen molar-refractivity contribution in [2.24, 2.45) is 5.92 Å². The van der Waals surface area contributed by atoms with Crippen molar-refractivity contribution in [3.05, 3.63) is 42.1 Å². The maximum absolute atomic E-state index is 4.70. The summed E-state index contributed by atoms with van der Waals surface area (Å²) >= 11 is 0. The van der Waals surface area contributed by atoms with Gasteiger partial charge in [0.25, 0.3) is 0 Å². The van der Waals surface area contributed by atoms with Gasteiger partial charge in [0.2, 0.25) is 0 Å². The van der Waals surface area contributed by atoms with Crippen LogP contribution in [0.2, 0.25) is 0 Å². The summed E-state index contributed by atoms with van der Waals surface area (Å²) < 4.78 is 0. The summed E-state index contributed by atoms with van der Waals surface area (Å²) in [5, 5.41) is 4.71. The summed E-state index contributed by atoms with van der Waals surface area (Å²) in [4.78, 5) is 4.70. The van der Waals surface area contributed by atoms with E-state index in [9.17, 15) is 0 Å². The largest absolute Gasteiger partial charge is 0.316 e. The molecule has 0 spiro atoms. The van der Waals surface area contributed by atoms with Gasteiger partial charge in [-0.2, -0.15) is 0 Å². The highest BCUT2D eigenvalue weighted by atomic mass is 14.8. The molecule has 0 aliphatic rings. The molecular formula is C17H24N2. The first-order valence-electron chi connectivity index (χ1n) is 7.31. The fourth-order valence-corrected chi connectivity index (χ4v) is 2.19. The minimum absolute atomic E-state index is 0.738. The topological polar surface area (TPSA) is 24.9 Å². The van der Waals surface area contributed by atoms with E-state index in [-0.39, 0.29) is 0 Å². The molecule has 2 nitrogen and oxygen atoms in total. The third kappa shape index (κ3) is 4.64. The molecule has 0 bridgehead atoms. The van der Waals surface area contributed by atoms with Crippen LogP contribution in [0.3, 0.4) is 0 Å². The van der Waals surface area contributed by atoms with Gasteiger partial charge in [-0.05, 0) is 50.4 Å². The normalized spacial score (nSPS) is 11.3. The summed E-state index contributed by atoms with van der Waals surface area (Å²) in [6.07, 6.45) is 3.51. The van der Waals surface area contributed by atoms with Crippen LogP contribution < -0.4 is 5.32 Å². The molecule has 0 radical (unpaired) electrons. The van der Waals surface area contributed by atoms with Crippen LogP contribution in [0, 0.1) is 5.92 Å². The van der Waals surface area contributed by atoms with E-state index in [0.717, 1.165) is 30.9 Å². The molecule has 102 valence electrons. The lowest BCUT2D eigenvalue weighted by molar-refractivity contribution is 0.535. The van der Waals surface area contributed by atoms with Crippen molar-refractivity contribution in [2.75, 3.05) is 13.1 Å². The van der Waals surface area contributed by atoms with Gasteiger partial charge in [-0.1, -0.05) is 38.1 Å². The average molecular weight is 256 g/mol. The lowest BCUT2D eigenvalue weighted by Crippen LogP contribution is -2.20. The first kappa shape index (κ1) is 14.0. The molecule has 2 heteroatoms. The highest BCUT2D eigenvalue weighted by Crippen LogP contribution is 2.13. The molecule has 1 heterocycles. The Morgan fingerprint density at radius 2 is 1.89 bits per heavy atom. The number of aromatic nitrogens is 1. The highest BCUT2D eigenvalue weighted by Gasteiger charge is 1.98. The zero-order valence-corrected chi connectivity index (χ0v) is 12.0. The predicted octanol–water partition coefficient (Wildman–Crippen LogP) is 3.80. The van der Waals surface area contributed by atoms with E-state index in [1.807, 2.05) is 0 Å². The lowest BCUT2D eigenvalue weighted by atomic mass is 10.1. The Balaban J connectivity index is 1.75. The minimum Gasteiger partial charge on any atom is -0.316 e. The number of unbranched alkanes of at least 4 members (excludes halogenated alkanes) is 1. The van der Waals surface area contributed by atoms with E-state index in [4.69, 9.17) is 4.98 Å². The van der Waals surface area contributed by atoms with Crippen molar-refractivity contribution in [3.8, 4) is 0 Å². The molecule has 0 saturated heterocycles. The molecule has 2 rings (SSSR count). The Morgan fingerprint density at radius 3 is 2.74 bits per heavy atom. The van der Waals surface area contributed by atoms with Gasteiger partial charge in [-0.15, -0.1) is 0 Å². The van der Waals surface area contributed by atoms with E-state index < -0.39 is 0 Å². The molecule has 0 atom stereocenters. The summed E-state index contributed by atoms with van der Waals surface area (Å²) in [5.74, 6) is 0.738. The summed E-state index contributed by atoms with van der Waals surface area (Å²) in [7, 11) is 0. The smallest absolute Gasteiger partial charge is 0.0705 e. The van der Waals surface area contributed by atoms with E-state index in [0.29, 0.717) is 0 Å². The monoisotopic (exact) mass is 256 g/mol. The van der Waals surface area contributed by atoms with E-state index >= 15 is 0 Å². The van der Waals surface area contributed by atoms with Crippen molar-refractivity contribution >= 4 is 10.9 Å². The van der Waals surface area contributed by atoms with Gasteiger partial charge in [0.15, 0.2) is 0 Å². The third-order valence-electron chi connectivity index (χ3n) is 3.25. The van der Waals surface area contributed by atoms with Crippen LogP contribution >= 0.6 is 0 Å². The number of rotatable bonds is 7. The van der Waals surface area contributed by atoms with Crippen LogP contribution in [-0.4, -0.2) is 18.1 Å².